The normalized spacial score (nSPS) is 10.6. The molecule has 0 saturated heterocycles. The maximum Gasteiger partial charge on any atom is 0.337 e. The standard InChI is InChI=1S/C15H16N2O6S/c1-22-14(20)10-3-2-4-11(7-10)24-13-8-12(19)16-15(21)17(13)9-23-6-5-18/h2-4,7-8,18H,5-6,9H2,1H3,(H,16,19,21). The third-order valence-electron chi connectivity index (χ3n) is 2.93. The number of aromatic amines is 1. The smallest absolute Gasteiger partial charge is 0.337 e. The number of carbonyl (C=O) groups is 1. The van der Waals surface area contributed by atoms with Crippen molar-refractivity contribution in [3.8, 4) is 0 Å². The third kappa shape index (κ3) is 4.57. The molecule has 8 nitrogen and oxygen atoms in total. The lowest BCUT2D eigenvalue weighted by atomic mass is 10.2. The number of rotatable bonds is 7. The molecular formula is C15H16N2O6S. The zero-order chi connectivity index (χ0) is 17.5. The molecule has 24 heavy (non-hydrogen) atoms. The summed E-state index contributed by atoms with van der Waals surface area (Å²) in [4.78, 5) is 37.9. The molecule has 9 heteroatoms. The Morgan fingerprint density at radius 2 is 2.12 bits per heavy atom. The van der Waals surface area contributed by atoms with Gasteiger partial charge in [0, 0.05) is 11.0 Å². The largest absolute Gasteiger partial charge is 0.465 e. The van der Waals surface area contributed by atoms with Gasteiger partial charge in [0.15, 0.2) is 0 Å². The number of carbonyl (C=O) groups excluding carboxylic acids is 1. The second-order valence-electron chi connectivity index (χ2n) is 4.59. The second kappa shape index (κ2) is 8.48. The Morgan fingerprint density at radius 1 is 1.33 bits per heavy atom. The van der Waals surface area contributed by atoms with Crippen LogP contribution in [0, 0.1) is 0 Å². The maximum atomic E-state index is 11.9. The minimum absolute atomic E-state index is 0.0630. The summed E-state index contributed by atoms with van der Waals surface area (Å²) in [5, 5.41) is 9.10. The van der Waals surface area contributed by atoms with E-state index in [4.69, 9.17) is 9.84 Å². The predicted molar refractivity (Wildman–Crippen MR) is 86.3 cm³/mol. The van der Waals surface area contributed by atoms with Crippen LogP contribution in [0.25, 0.3) is 0 Å². The minimum atomic E-state index is -0.618. The van der Waals surface area contributed by atoms with Gasteiger partial charge in [0.25, 0.3) is 5.56 Å². The number of hydrogen-bond acceptors (Lipinski definition) is 7. The molecule has 0 aliphatic heterocycles. The van der Waals surface area contributed by atoms with Crippen LogP contribution in [0.15, 0.2) is 49.8 Å². The lowest BCUT2D eigenvalue weighted by molar-refractivity contribution is 0.0413. The third-order valence-corrected chi connectivity index (χ3v) is 3.97. The zero-order valence-corrected chi connectivity index (χ0v) is 13.7. The van der Waals surface area contributed by atoms with Crippen molar-refractivity contribution in [2.24, 2.45) is 0 Å². The van der Waals surface area contributed by atoms with Crippen molar-refractivity contribution in [2.45, 2.75) is 16.7 Å². The van der Waals surface area contributed by atoms with Gasteiger partial charge >= 0.3 is 11.7 Å². The molecule has 0 saturated carbocycles. The van der Waals surface area contributed by atoms with Crippen LogP contribution in [0.3, 0.4) is 0 Å². The number of aliphatic hydroxyl groups excluding tert-OH is 1. The number of hydrogen-bond donors (Lipinski definition) is 2. The number of aliphatic hydroxyl groups is 1. The molecule has 0 spiro atoms. The van der Waals surface area contributed by atoms with E-state index in [2.05, 4.69) is 9.72 Å². The van der Waals surface area contributed by atoms with Crippen molar-refractivity contribution in [1.29, 1.82) is 0 Å². The average molecular weight is 352 g/mol. The Bertz CT molecular complexity index is 829. The van der Waals surface area contributed by atoms with E-state index < -0.39 is 17.2 Å². The van der Waals surface area contributed by atoms with Gasteiger partial charge in [0.05, 0.1) is 30.9 Å². The summed E-state index contributed by atoms with van der Waals surface area (Å²) in [5.41, 5.74) is -0.796. The van der Waals surface area contributed by atoms with E-state index in [-0.39, 0.29) is 19.9 Å². The summed E-state index contributed by atoms with van der Waals surface area (Å²) >= 11 is 1.14. The molecule has 0 amide bonds. The van der Waals surface area contributed by atoms with Gasteiger partial charge in [-0.1, -0.05) is 17.8 Å². The van der Waals surface area contributed by atoms with Crippen molar-refractivity contribution in [3.05, 3.63) is 56.7 Å². The topological polar surface area (TPSA) is 111 Å². The quantitative estimate of drug-likeness (QED) is 0.423. The molecule has 0 unspecified atom stereocenters. The van der Waals surface area contributed by atoms with Crippen molar-refractivity contribution >= 4 is 17.7 Å². The molecule has 2 aromatic rings. The number of ether oxygens (including phenoxy) is 2. The Kier molecular flexibility index (Phi) is 6.36. The highest BCUT2D eigenvalue weighted by atomic mass is 32.2. The number of H-pyrrole nitrogens is 1. The van der Waals surface area contributed by atoms with Crippen molar-refractivity contribution in [1.82, 2.24) is 9.55 Å². The Hall–Kier alpha value is -2.36. The fraction of sp³-hybridized carbons (Fsp3) is 0.267. The number of benzene rings is 1. The summed E-state index contributed by atoms with van der Waals surface area (Å²) in [6, 6.07) is 7.87. The first-order valence-corrected chi connectivity index (χ1v) is 7.76. The highest BCUT2D eigenvalue weighted by Crippen LogP contribution is 2.26. The van der Waals surface area contributed by atoms with E-state index in [0.717, 1.165) is 11.8 Å². The highest BCUT2D eigenvalue weighted by Gasteiger charge is 2.11. The zero-order valence-electron chi connectivity index (χ0n) is 12.9. The first-order chi connectivity index (χ1) is 11.5. The summed E-state index contributed by atoms with van der Waals surface area (Å²) in [5.74, 6) is -0.480. The molecule has 0 bridgehead atoms. The van der Waals surface area contributed by atoms with E-state index in [0.29, 0.717) is 15.5 Å². The van der Waals surface area contributed by atoms with Crippen LogP contribution in [0.4, 0.5) is 0 Å². The number of nitrogens with one attached hydrogen (secondary N) is 1. The van der Waals surface area contributed by atoms with Gasteiger partial charge in [0.1, 0.15) is 6.73 Å². The predicted octanol–water partition coefficient (Wildman–Crippen LogP) is 0.441. The molecule has 1 heterocycles. The van der Waals surface area contributed by atoms with Crippen LogP contribution in [0.2, 0.25) is 0 Å². The van der Waals surface area contributed by atoms with E-state index in [1.165, 1.54) is 17.7 Å². The summed E-state index contributed by atoms with van der Waals surface area (Å²) in [6.45, 7) is -0.232. The maximum absolute atomic E-state index is 11.9. The molecule has 0 radical (unpaired) electrons. The van der Waals surface area contributed by atoms with Crippen molar-refractivity contribution in [3.63, 3.8) is 0 Å². The first kappa shape index (κ1) is 18.0. The van der Waals surface area contributed by atoms with Gasteiger partial charge in [-0.2, -0.15) is 0 Å². The Morgan fingerprint density at radius 3 is 2.83 bits per heavy atom. The molecule has 128 valence electrons. The van der Waals surface area contributed by atoms with E-state index >= 15 is 0 Å². The summed E-state index contributed by atoms with van der Waals surface area (Å²) in [6.07, 6.45) is 0. The molecule has 1 aromatic heterocycles. The second-order valence-corrected chi connectivity index (χ2v) is 5.68. The molecule has 2 N–H and O–H groups in total. The number of esters is 1. The van der Waals surface area contributed by atoms with Gasteiger partial charge in [-0.15, -0.1) is 0 Å². The van der Waals surface area contributed by atoms with E-state index in [9.17, 15) is 14.4 Å². The first-order valence-electron chi connectivity index (χ1n) is 6.94. The molecular weight excluding hydrogens is 336 g/mol. The van der Waals surface area contributed by atoms with E-state index in [1.54, 1.807) is 24.3 Å². The fourth-order valence-electron chi connectivity index (χ4n) is 1.85. The Balaban J connectivity index is 2.33. The summed E-state index contributed by atoms with van der Waals surface area (Å²) in [7, 11) is 1.29. The van der Waals surface area contributed by atoms with Crippen LogP contribution >= 0.6 is 11.8 Å². The van der Waals surface area contributed by atoms with Gasteiger partial charge in [-0.05, 0) is 18.2 Å². The highest BCUT2D eigenvalue weighted by molar-refractivity contribution is 7.99. The molecule has 1 aromatic carbocycles. The van der Waals surface area contributed by atoms with Gasteiger partial charge in [0.2, 0.25) is 0 Å². The van der Waals surface area contributed by atoms with Crippen LogP contribution in [0.5, 0.6) is 0 Å². The Labute approximate surface area is 141 Å². The SMILES string of the molecule is COC(=O)c1cccc(Sc2cc(=O)[nH]c(=O)n2COCCO)c1. The molecule has 0 atom stereocenters. The lowest BCUT2D eigenvalue weighted by Crippen LogP contribution is -2.31. The van der Waals surface area contributed by atoms with Gasteiger partial charge in [-0.25, -0.2) is 9.59 Å². The van der Waals surface area contributed by atoms with E-state index in [1.807, 2.05) is 0 Å². The van der Waals surface area contributed by atoms with Crippen LogP contribution in [-0.2, 0) is 16.2 Å². The molecule has 0 fully saturated rings. The molecule has 0 aliphatic rings. The monoisotopic (exact) mass is 352 g/mol. The molecule has 2 rings (SSSR count). The van der Waals surface area contributed by atoms with Gasteiger partial charge < -0.3 is 14.6 Å². The fourth-order valence-corrected chi connectivity index (χ4v) is 2.84. The minimum Gasteiger partial charge on any atom is -0.465 e. The van der Waals surface area contributed by atoms with Crippen LogP contribution < -0.4 is 11.2 Å². The van der Waals surface area contributed by atoms with Gasteiger partial charge in [-0.3, -0.25) is 14.3 Å². The average Bonchev–Trinajstić information content (AvgIpc) is 2.56. The number of aromatic nitrogens is 2. The number of methoxy groups -OCH3 is 1. The number of nitrogens with zero attached hydrogens (tertiary/aromatic N) is 1. The lowest BCUT2D eigenvalue weighted by Gasteiger charge is -2.12. The van der Waals surface area contributed by atoms with Crippen LogP contribution in [-0.4, -0.2) is 41.0 Å². The van der Waals surface area contributed by atoms with Crippen LogP contribution in [0.1, 0.15) is 10.4 Å². The van der Waals surface area contributed by atoms with Crippen molar-refractivity contribution in [2.75, 3.05) is 20.3 Å². The molecule has 0 aliphatic carbocycles. The summed E-state index contributed by atoms with van der Waals surface area (Å²) < 4.78 is 11.0. The van der Waals surface area contributed by atoms with Crippen molar-refractivity contribution < 1.29 is 19.4 Å².